The lowest BCUT2D eigenvalue weighted by atomic mass is 9.83. The Morgan fingerprint density at radius 1 is 1.00 bits per heavy atom. The molecule has 0 saturated heterocycles. The summed E-state index contributed by atoms with van der Waals surface area (Å²) in [5, 5.41) is 19.9. The Hall–Kier alpha value is -4.46. The van der Waals surface area contributed by atoms with Crippen molar-refractivity contribution in [3.63, 3.8) is 0 Å². The number of carboxylic acids is 1. The summed E-state index contributed by atoms with van der Waals surface area (Å²) in [6, 6.07) is 16.8. The van der Waals surface area contributed by atoms with Crippen LogP contribution < -0.4 is 0 Å². The van der Waals surface area contributed by atoms with E-state index in [2.05, 4.69) is 46.7 Å². The molecule has 3 aromatic carbocycles. The molecule has 0 radical (unpaired) electrons. The Bertz CT molecular complexity index is 1850. The van der Waals surface area contributed by atoms with E-state index in [1.807, 2.05) is 46.4 Å². The van der Waals surface area contributed by atoms with Crippen molar-refractivity contribution in [2.75, 3.05) is 6.54 Å². The van der Waals surface area contributed by atoms with Gasteiger partial charge in [0, 0.05) is 49.7 Å². The van der Waals surface area contributed by atoms with Gasteiger partial charge in [0.2, 0.25) is 0 Å². The third-order valence-corrected chi connectivity index (χ3v) is 9.04. The molecule has 0 spiro atoms. The van der Waals surface area contributed by atoms with Crippen molar-refractivity contribution in [1.29, 1.82) is 0 Å². The Kier molecular flexibility index (Phi) is 6.14. The number of nitrogens with zero attached hydrogens (tertiary/aromatic N) is 5. The molecule has 1 atom stereocenters. The number of hydrogen-bond acceptors (Lipinski definition) is 4. The lowest BCUT2D eigenvalue weighted by molar-refractivity contribution is -0.137. The molecule has 1 N–H and O–H groups in total. The number of carboxylic acid groups (broad SMARTS) is 1. The minimum absolute atomic E-state index is 0.0275. The summed E-state index contributed by atoms with van der Waals surface area (Å²) in [5.74, 6) is -1.14. The molecule has 5 heterocycles. The number of aromatic nitrogens is 4. The quantitative estimate of drug-likeness (QED) is 0.321. The summed E-state index contributed by atoms with van der Waals surface area (Å²) in [6.45, 7) is 3.93. The van der Waals surface area contributed by atoms with E-state index in [1.165, 1.54) is 11.1 Å². The highest BCUT2D eigenvalue weighted by Crippen LogP contribution is 2.36. The topological polar surface area (TPSA) is 93.3 Å². The fraction of sp³-hybridized carbons (Fsp3) is 0.333. The molecule has 2 aromatic heterocycles. The molecular formula is C33H33N5O3. The van der Waals surface area contributed by atoms with Crippen molar-refractivity contribution in [3.8, 4) is 0 Å². The van der Waals surface area contributed by atoms with Crippen molar-refractivity contribution in [2.24, 2.45) is 7.05 Å². The molecule has 0 aliphatic carbocycles. The van der Waals surface area contributed by atoms with Gasteiger partial charge in [0.15, 0.2) is 0 Å². The number of rotatable bonds is 2. The second-order valence-electron chi connectivity index (χ2n) is 11.6. The van der Waals surface area contributed by atoms with E-state index in [-0.39, 0.29) is 18.2 Å². The van der Waals surface area contributed by atoms with Gasteiger partial charge in [0.1, 0.15) is 5.52 Å². The summed E-state index contributed by atoms with van der Waals surface area (Å²) in [6.07, 6.45) is 5.56. The number of aryl methyl sites for hydroxylation is 4. The number of carbonyl (C=O) groups is 2. The molecule has 8 heteroatoms. The maximum Gasteiger partial charge on any atom is 0.304 e. The van der Waals surface area contributed by atoms with Gasteiger partial charge in [0.25, 0.3) is 5.91 Å². The van der Waals surface area contributed by atoms with Crippen molar-refractivity contribution in [1.82, 2.24) is 24.5 Å². The highest BCUT2D eigenvalue weighted by atomic mass is 16.4. The van der Waals surface area contributed by atoms with Gasteiger partial charge in [-0.1, -0.05) is 35.5 Å². The highest BCUT2D eigenvalue weighted by molar-refractivity contribution is 6.07. The van der Waals surface area contributed by atoms with Crippen LogP contribution in [0.15, 0.2) is 54.7 Å². The Labute approximate surface area is 238 Å². The van der Waals surface area contributed by atoms with Gasteiger partial charge in [-0.2, -0.15) is 0 Å². The number of benzene rings is 3. The van der Waals surface area contributed by atoms with Crippen LogP contribution in [-0.4, -0.2) is 48.0 Å². The van der Waals surface area contributed by atoms with Gasteiger partial charge in [0.05, 0.1) is 17.5 Å². The van der Waals surface area contributed by atoms with Crippen LogP contribution in [0, 0.1) is 6.92 Å². The Morgan fingerprint density at radius 2 is 1.85 bits per heavy atom. The highest BCUT2D eigenvalue weighted by Gasteiger charge is 2.27. The van der Waals surface area contributed by atoms with Crippen LogP contribution in [0.25, 0.3) is 21.9 Å². The number of hydrogen-bond donors (Lipinski definition) is 1. The summed E-state index contributed by atoms with van der Waals surface area (Å²) in [7, 11) is 1.99. The molecule has 5 aromatic rings. The zero-order valence-electron chi connectivity index (χ0n) is 23.4. The van der Waals surface area contributed by atoms with Crippen molar-refractivity contribution >= 4 is 33.8 Å². The van der Waals surface area contributed by atoms with E-state index >= 15 is 0 Å². The molecule has 9 bridgehead atoms. The largest absolute Gasteiger partial charge is 0.481 e. The second kappa shape index (κ2) is 9.87. The molecule has 3 aliphatic rings. The van der Waals surface area contributed by atoms with Gasteiger partial charge in [-0.3, -0.25) is 9.59 Å². The van der Waals surface area contributed by atoms with Crippen LogP contribution in [0.1, 0.15) is 68.9 Å². The van der Waals surface area contributed by atoms with Gasteiger partial charge < -0.3 is 14.6 Å². The van der Waals surface area contributed by atoms with Crippen LogP contribution in [0.5, 0.6) is 0 Å². The first-order valence-corrected chi connectivity index (χ1v) is 14.4. The maximum atomic E-state index is 13.9. The van der Waals surface area contributed by atoms with E-state index in [1.54, 1.807) is 0 Å². The molecule has 3 aliphatic heterocycles. The van der Waals surface area contributed by atoms with Crippen LogP contribution in [0.4, 0.5) is 0 Å². The first-order valence-electron chi connectivity index (χ1n) is 14.4. The molecule has 41 heavy (non-hydrogen) atoms. The number of fused-ring (bicyclic) bond motifs is 4. The van der Waals surface area contributed by atoms with Crippen LogP contribution in [-0.2, 0) is 37.8 Å². The monoisotopic (exact) mass is 547 g/mol. The van der Waals surface area contributed by atoms with Gasteiger partial charge in [-0.25, -0.2) is 4.68 Å². The SMILES string of the molecule is Cc1c2ccc3c1nnn3CCCCc1ccc3c(c1)c(cn3C)C(=O)N1CCc3ccc(cc3C1)C2CC(=O)O. The standard InChI is InChI=1S/C33H33N5O3/c1-20-25-9-11-30-32(20)34-35-38(30)13-4-3-5-21-6-10-29-27(15-21)28(19-36(29)2)33(41)37-14-12-22-7-8-23(16-24(22)18-37)26(25)17-31(39)40/h6-11,15-16,19,26H,3-5,12-14,17-18H2,1-2H3,(H,39,40). The third-order valence-electron chi connectivity index (χ3n) is 9.04. The average Bonchev–Trinajstić information content (AvgIpc) is 3.54. The summed E-state index contributed by atoms with van der Waals surface area (Å²) < 4.78 is 4.00. The zero-order chi connectivity index (χ0) is 28.2. The van der Waals surface area contributed by atoms with E-state index in [4.69, 9.17) is 0 Å². The molecule has 8 nitrogen and oxygen atoms in total. The average molecular weight is 548 g/mol. The lowest BCUT2D eigenvalue weighted by Gasteiger charge is -2.30. The van der Waals surface area contributed by atoms with Crippen LogP contribution in [0.3, 0.4) is 0 Å². The minimum atomic E-state index is -0.850. The fourth-order valence-corrected chi connectivity index (χ4v) is 6.80. The second-order valence-corrected chi connectivity index (χ2v) is 11.6. The Morgan fingerprint density at radius 3 is 2.71 bits per heavy atom. The van der Waals surface area contributed by atoms with Crippen molar-refractivity contribution < 1.29 is 14.7 Å². The predicted molar refractivity (Wildman–Crippen MR) is 157 cm³/mol. The molecule has 1 amide bonds. The summed E-state index contributed by atoms with van der Waals surface area (Å²) in [5.41, 5.74) is 9.98. The van der Waals surface area contributed by atoms with E-state index in [0.29, 0.717) is 13.1 Å². The maximum absolute atomic E-state index is 13.9. The predicted octanol–water partition coefficient (Wildman–Crippen LogP) is 5.37. The van der Waals surface area contributed by atoms with E-state index < -0.39 is 5.97 Å². The normalized spacial score (nSPS) is 17.4. The fourth-order valence-electron chi connectivity index (χ4n) is 6.80. The molecular weight excluding hydrogens is 514 g/mol. The van der Waals surface area contributed by atoms with Crippen LogP contribution in [0.2, 0.25) is 0 Å². The molecule has 0 saturated carbocycles. The summed E-state index contributed by atoms with van der Waals surface area (Å²) >= 11 is 0. The van der Waals surface area contributed by atoms with E-state index in [9.17, 15) is 14.7 Å². The lowest BCUT2D eigenvalue weighted by Crippen LogP contribution is -2.36. The minimum Gasteiger partial charge on any atom is -0.481 e. The Balaban J connectivity index is 1.37. The first-order chi connectivity index (χ1) is 19.9. The first kappa shape index (κ1) is 25.5. The number of aliphatic carboxylic acids is 1. The van der Waals surface area contributed by atoms with Gasteiger partial charge in [-0.05, 0) is 84.2 Å². The zero-order valence-corrected chi connectivity index (χ0v) is 23.4. The van der Waals surface area contributed by atoms with Crippen molar-refractivity contribution in [2.45, 2.75) is 58.0 Å². The number of carbonyl (C=O) groups excluding carboxylic acids is 1. The van der Waals surface area contributed by atoms with E-state index in [0.717, 1.165) is 82.0 Å². The smallest absolute Gasteiger partial charge is 0.304 e. The van der Waals surface area contributed by atoms with Gasteiger partial charge >= 0.3 is 5.97 Å². The molecule has 8 rings (SSSR count). The number of amides is 1. The van der Waals surface area contributed by atoms with Crippen molar-refractivity contribution in [3.05, 3.63) is 93.7 Å². The molecule has 0 fully saturated rings. The van der Waals surface area contributed by atoms with Crippen LogP contribution >= 0.6 is 0 Å². The molecule has 208 valence electrons. The summed E-state index contributed by atoms with van der Waals surface area (Å²) in [4.78, 5) is 27.9. The third kappa shape index (κ3) is 4.38. The van der Waals surface area contributed by atoms with Gasteiger partial charge in [-0.15, -0.1) is 5.10 Å². The molecule has 1 unspecified atom stereocenters.